The molecule has 0 aliphatic carbocycles. The van der Waals surface area contributed by atoms with Crippen LogP contribution < -0.4 is 23.7 Å². The van der Waals surface area contributed by atoms with Crippen molar-refractivity contribution in [3.63, 3.8) is 0 Å². The molecule has 11 nitrogen and oxygen atoms in total. The largest absolute Gasteiger partial charge is 0.493 e. The summed E-state index contributed by atoms with van der Waals surface area (Å²) in [5.41, 5.74) is -0.0429. The van der Waals surface area contributed by atoms with Crippen molar-refractivity contribution in [2.24, 2.45) is 0 Å². The quantitative estimate of drug-likeness (QED) is 0.199. The van der Waals surface area contributed by atoms with Crippen LogP contribution in [0.3, 0.4) is 0 Å². The van der Waals surface area contributed by atoms with Gasteiger partial charge in [-0.1, -0.05) is 6.07 Å². The first kappa shape index (κ1) is 30.0. The minimum atomic E-state index is -1.27. The second-order valence-corrected chi connectivity index (χ2v) is 8.76. The van der Waals surface area contributed by atoms with E-state index in [1.54, 1.807) is 37.3 Å². The highest BCUT2D eigenvalue weighted by Gasteiger charge is 2.39. The van der Waals surface area contributed by atoms with Gasteiger partial charge in [0.25, 0.3) is 6.04 Å². The van der Waals surface area contributed by atoms with Crippen molar-refractivity contribution in [2.45, 2.75) is 50.7 Å². The molecule has 3 atom stereocenters. The SMILES string of the molecule is COc1ccc(CC(C(CCC(C)(C#N)c2ccc(OC)c(OC)c2OC)OC(C)=O)[N+](=O)[O-])cc1OC. The zero-order chi connectivity index (χ0) is 28.5. The molecule has 0 N–H and O–H groups in total. The van der Waals surface area contributed by atoms with Crippen molar-refractivity contribution in [2.75, 3.05) is 35.5 Å². The molecular weight excluding hydrogens is 496 g/mol. The van der Waals surface area contributed by atoms with Crippen molar-refractivity contribution >= 4 is 5.97 Å². The first-order valence-corrected chi connectivity index (χ1v) is 11.8. The van der Waals surface area contributed by atoms with Gasteiger partial charge in [-0.3, -0.25) is 14.9 Å². The summed E-state index contributed by atoms with van der Waals surface area (Å²) in [4.78, 5) is 23.6. The average Bonchev–Trinajstić information content (AvgIpc) is 2.92. The summed E-state index contributed by atoms with van der Waals surface area (Å²) in [7, 11) is 7.36. The number of rotatable bonds is 14. The van der Waals surface area contributed by atoms with Gasteiger partial charge in [0.15, 0.2) is 29.1 Å². The molecule has 0 amide bonds. The lowest BCUT2D eigenvalue weighted by Crippen LogP contribution is -2.40. The van der Waals surface area contributed by atoms with Gasteiger partial charge in [0.2, 0.25) is 5.75 Å². The van der Waals surface area contributed by atoms with E-state index in [1.807, 2.05) is 0 Å². The Morgan fingerprint density at radius 2 is 1.58 bits per heavy atom. The van der Waals surface area contributed by atoms with Crippen molar-refractivity contribution in [1.82, 2.24) is 0 Å². The van der Waals surface area contributed by atoms with Crippen LogP contribution in [-0.4, -0.2) is 58.6 Å². The summed E-state index contributed by atoms with van der Waals surface area (Å²) in [6, 6.07) is 9.37. The van der Waals surface area contributed by atoms with E-state index in [0.717, 1.165) is 0 Å². The summed E-state index contributed by atoms with van der Waals surface area (Å²) < 4.78 is 32.3. The fourth-order valence-corrected chi connectivity index (χ4v) is 4.35. The molecule has 0 bridgehead atoms. The highest BCUT2D eigenvalue weighted by Crippen LogP contribution is 2.46. The number of nitriles is 1. The smallest absolute Gasteiger partial charge is 0.303 e. The second-order valence-electron chi connectivity index (χ2n) is 8.76. The average molecular weight is 531 g/mol. The Labute approximate surface area is 222 Å². The molecule has 2 aromatic rings. The molecule has 0 saturated carbocycles. The number of nitro groups is 1. The minimum absolute atomic E-state index is 0.0335. The third kappa shape index (κ3) is 6.76. The summed E-state index contributed by atoms with van der Waals surface area (Å²) in [6.07, 6.45) is -0.966. The van der Waals surface area contributed by atoms with Gasteiger partial charge in [0, 0.05) is 23.8 Å². The van der Waals surface area contributed by atoms with Crippen LogP contribution in [0.2, 0.25) is 0 Å². The van der Waals surface area contributed by atoms with E-state index in [-0.39, 0.29) is 19.3 Å². The normalized spacial score (nSPS) is 13.7. The summed E-state index contributed by atoms with van der Waals surface area (Å²) >= 11 is 0. The lowest BCUT2D eigenvalue weighted by atomic mass is 9.77. The Bertz CT molecular complexity index is 1180. The highest BCUT2D eigenvalue weighted by atomic mass is 16.6. The molecule has 0 heterocycles. The number of ether oxygens (including phenoxy) is 6. The van der Waals surface area contributed by atoms with Gasteiger partial charge >= 0.3 is 5.97 Å². The second kappa shape index (κ2) is 13.4. The first-order chi connectivity index (χ1) is 18.1. The van der Waals surface area contributed by atoms with Gasteiger partial charge in [0.1, 0.15) is 0 Å². The number of carbonyl (C=O) groups excluding carboxylic acids is 1. The summed E-state index contributed by atoms with van der Waals surface area (Å²) in [6.45, 7) is 2.89. The van der Waals surface area contributed by atoms with E-state index in [9.17, 15) is 20.2 Å². The molecule has 38 heavy (non-hydrogen) atoms. The number of hydrogen-bond acceptors (Lipinski definition) is 10. The van der Waals surface area contributed by atoms with E-state index in [4.69, 9.17) is 28.4 Å². The Hall–Kier alpha value is -4.20. The molecule has 2 aromatic carbocycles. The van der Waals surface area contributed by atoms with Gasteiger partial charge in [-0.25, -0.2) is 0 Å². The minimum Gasteiger partial charge on any atom is -0.493 e. The summed E-state index contributed by atoms with van der Waals surface area (Å²) in [5.74, 6) is 1.32. The fraction of sp³-hybridized carbons (Fsp3) is 0.481. The van der Waals surface area contributed by atoms with E-state index in [2.05, 4.69) is 6.07 Å². The zero-order valence-corrected chi connectivity index (χ0v) is 22.7. The number of methoxy groups -OCH3 is 5. The van der Waals surface area contributed by atoms with Gasteiger partial charge in [-0.15, -0.1) is 0 Å². The maximum atomic E-state index is 12.2. The third-order valence-electron chi connectivity index (χ3n) is 6.38. The van der Waals surface area contributed by atoms with Gasteiger partial charge in [0.05, 0.1) is 47.0 Å². The molecular formula is C27H34N2O9. The fourth-order valence-electron chi connectivity index (χ4n) is 4.35. The van der Waals surface area contributed by atoms with Gasteiger partial charge in [-0.2, -0.15) is 5.26 Å². The van der Waals surface area contributed by atoms with Crippen LogP contribution >= 0.6 is 0 Å². The van der Waals surface area contributed by atoms with Crippen molar-refractivity contribution < 1.29 is 38.1 Å². The van der Waals surface area contributed by atoms with Gasteiger partial charge in [-0.05, 0) is 49.6 Å². The number of nitrogens with zero attached hydrogens (tertiary/aromatic N) is 2. The maximum absolute atomic E-state index is 12.2. The van der Waals surface area contributed by atoms with Crippen LogP contribution in [0.25, 0.3) is 0 Å². The predicted molar refractivity (Wildman–Crippen MR) is 138 cm³/mol. The standard InChI is InChI=1S/C27H34N2O9/c1-17(30)38-21(20(29(31)32)14-18-8-10-22(33-3)24(15-18)35-5)12-13-27(2,16-28)19-9-11-23(34-4)26(37-7)25(19)36-6/h8-11,15,20-21H,12-14H2,1-7H3. The third-order valence-corrected chi connectivity index (χ3v) is 6.38. The number of hydrogen-bond donors (Lipinski definition) is 0. The number of carbonyl (C=O) groups is 1. The van der Waals surface area contributed by atoms with Crippen molar-refractivity contribution in [1.29, 1.82) is 5.26 Å². The molecule has 0 saturated heterocycles. The van der Waals surface area contributed by atoms with Gasteiger partial charge < -0.3 is 28.4 Å². The lowest BCUT2D eigenvalue weighted by molar-refractivity contribution is -0.533. The van der Waals surface area contributed by atoms with E-state index in [1.165, 1.54) is 42.5 Å². The molecule has 0 aliphatic heterocycles. The monoisotopic (exact) mass is 530 g/mol. The van der Waals surface area contributed by atoms with E-state index < -0.39 is 28.5 Å². The van der Waals surface area contributed by atoms with Crippen LogP contribution in [0.1, 0.15) is 37.8 Å². The Kier molecular flexibility index (Phi) is 10.6. The molecule has 0 spiro atoms. The van der Waals surface area contributed by atoms with Crippen LogP contribution in [0.4, 0.5) is 0 Å². The van der Waals surface area contributed by atoms with E-state index in [0.29, 0.717) is 39.9 Å². The zero-order valence-electron chi connectivity index (χ0n) is 22.7. The summed E-state index contributed by atoms with van der Waals surface area (Å²) in [5, 5.41) is 22.4. The Morgan fingerprint density at radius 1 is 0.974 bits per heavy atom. The maximum Gasteiger partial charge on any atom is 0.303 e. The van der Waals surface area contributed by atoms with Crippen molar-refractivity contribution in [3.05, 3.63) is 51.6 Å². The first-order valence-electron chi connectivity index (χ1n) is 11.8. The van der Waals surface area contributed by atoms with Crippen LogP contribution in [0.5, 0.6) is 28.7 Å². The van der Waals surface area contributed by atoms with Crippen LogP contribution in [0.15, 0.2) is 30.3 Å². The molecule has 206 valence electrons. The van der Waals surface area contributed by atoms with Crippen LogP contribution in [0, 0.1) is 21.4 Å². The molecule has 0 aromatic heterocycles. The van der Waals surface area contributed by atoms with E-state index >= 15 is 0 Å². The lowest BCUT2D eigenvalue weighted by Gasteiger charge is -2.28. The van der Waals surface area contributed by atoms with Crippen molar-refractivity contribution in [3.8, 4) is 34.8 Å². The predicted octanol–water partition coefficient (Wildman–Crippen LogP) is 4.11. The molecule has 2 rings (SSSR count). The Morgan fingerprint density at radius 3 is 2.08 bits per heavy atom. The number of esters is 1. The van der Waals surface area contributed by atoms with Crippen LogP contribution in [-0.2, 0) is 21.4 Å². The number of benzene rings is 2. The molecule has 3 unspecified atom stereocenters. The molecule has 11 heteroatoms. The Balaban J connectivity index is 2.43. The molecule has 0 fully saturated rings. The molecule has 0 radical (unpaired) electrons. The highest BCUT2D eigenvalue weighted by molar-refractivity contribution is 5.66. The molecule has 0 aliphatic rings. The topological polar surface area (TPSA) is 139 Å².